The van der Waals surface area contributed by atoms with Crippen molar-refractivity contribution in [3.63, 3.8) is 0 Å². The summed E-state index contributed by atoms with van der Waals surface area (Å²) in [7, 11) is 0. The smallest absolute Gasteiger partial charge is 0.196 e. The lowest BCUT2D eigenvalue weighted by Crippen LogP contribution is -2.49. The first kappa shape index (κ1) is 21.8. The van der Waals surface area contributed by atoms with Gasteiger partial charge in [0.25, 0.3) is 0 Å². The van der Waals surface area contributed by atoms with E-state index in [0.717, 1.165) is 0 Å². The van der Waals surface area contributed by atoms with Crippen LogP contribution in [0.3, 0.4) is 0 Å². The van der Waals surface area contributed by atoms with Crippen LogP contribution in [0.25, 0.3) is 0 Å². The Labute approximate surface area is 168 Å². The lowest BCUT2D eigenvalue weighted by molar-refractivity contribution is 0.0433. The molecule has 152 valence electrons. The SMILES string of the molecule is CC(Oc1ccccc1C(=O)c1ccc(N)c(N)c1)C(C)N(C(C)C)C(C)C. The molecule has 0 spiro atoms. The lowest BCUT2D eigenvalue weighted by Gasteiger charge is -2.39. The normalized spacial score (nSPS) is 13.8. The molecule has 2 unspecified atom stereocenters. The van der Waals surface area contributed by atoms with Crippen molar-refractivity contribution >= 4 is 17.2 Å². The molecule has 2 aromatic rings. The number of ketones is 1. The molecule has 0 aliphatic rings. The number of nitrogens with zero attached hydrogens (tertiary/aromatic N) is 1. The van der Waals surface area contributed by atoms with Gasteiger partial charge in [-0.05, 0) is 71.9 Å². The number of carbonyl (C=O) groups is 1. The van der Waals surface area contributed by atoms with Crippen molar-refractivity contribution in [1.82, 2.24) is 4.90 Å². The van der Waals surface area contributed by atoms with E-state index in [9.17, 15) is 4.79 Å². The molecule has 0 amide bonds. The maximum absolute atomic E-state index is 13.0. The maximum Gasteiger partial charge on any atom is 0.196 e. The Morgan fingerprint density at radius 3 is 2.07 bits per heavy atom. The molecule has 2 rings (SSSR count). The molecular formula is C23H33N3O2. The van der Waals surface area contributed by atoms with Crippen LogP contribution < -0.4 is 16.2 Å². The van der Waals surface area contributed by atoms with Gasteiger partial charge < -0.3 is 16.2 Å². The van der Waals surface area contributed by atoms with Crippen LogP contribution in [-0.2, 0) is 0 Å². The van der Waals surface area contributed by atoms with Crippen LogP contribution in [0.2, 0.25) is 0 Å². The van der Waals surface area contributed by atoms with Gasteiger partial charge in [-0.25, -0.2) is 0 Å². The standard InChI is InChI=1S/C23H33N3O2/c1-14(2)26(15(3)4)16(5)17(6)28-22-10-8-7-9-19(22)23(27)18-11-12-20(24)21(25)13-18/h7-17H,24-25H2,1-6H3. The maximum atomic E-state index is 13.0. The van der Waals surface area contributed by atoms with Gasteiger partial charge in [-0.1, -0.05) is 12.1 Å². The minimum atomic E-state index is -0.133. The van der Waals surface area contributed by atoms with Gasteiger partial charge in [0.1, 0.15) is 11.9 Å². The molecule has 0 saturated carbocycles. The van der Waals surface area contributed by atoms with Gasteiger partial charge in [-0.3, -0.25) is 9.69 Å². The van der Waals surface area contributed by atoms with Crippen molar-refractivity contribution in [3.8, 4) is 5.75 Å². The molecule has 0 radical (unpaired) electrons. The highest BCUT2D eigenvalue weighted by Gasteiger charge is 2.27. The number of hydrogen-bond donors (Lipinski definition) is 2. The molecule has 28 heavy (non-hydrogen) atoms. The summed E-state index contributed by atoms with van der Waals surface area (Å²) in [6.07, 6.45) is -0.0877. The second-order valence-electron chi connectivity index (χ2n) is 7.87. The van der Waals surface area contributed by atoms with Crippen LogP contribution in [-0.4, -0.2) is 34.9 Å². The summed E-state index contributed by atoms with van der Waals surface area (Å²) < 4.78 is 6.27. The molecule has 5 nitrogen and oxygen atoms in total. The molecule has 2 aromatic carbocycles. The number of benzene rings is 2. The van der Waals surface area contributed by atoms with E-state index in [1.54, 1.807) is 24.3 Å². The molecule has 0 aromatic heterocycles. The molecular weight excluding hydrogens is 350 g/mol. The van der Waals surface area contributed by atoms with E-state index < -0.39 is 0 Å². The third-order valence-corrected chi connectivity index (χ3v) is 5.14. The number of nitrogens with two attached hydrogens (primary N) is 2. The van der Waals surface area contributed by atoms with Crippen LogP contribution in [0, 0.1) is 0 Å². The summed E-state index contributed by atoms with van der Waals surface area (Å²) >= 11 is 0. The average molecular weight is 384 g/mol. The molecule has 5 heteroatoms. The van der Waals surface area contributed by atoms with Gasteiger partial charge in [0.2, 0.25) is 0 Å². The van der Waals surface area contributed by atoms with Crippen molar-refractivity contribution < 1.29 is 9.53 Å². The Hall–Kier alpha value is -2.53. The van der Waals surface area contributed by atoms with E-state index in [2.05, 4.69) is 39.5 Å². The molecule has 0 aliphatic heterocycles. The first-order chi connectivity index (χ1) is 13.1. The largest absolute Gasteiger partial charge is 0.488 e. The molecule has 0 saturated heterocycles. The molecule has 0 aliphatic carbocycles. The second kappa shape index (κ2) is 9.11. The first-order valence-corrected chi connectivity index (χ1v) is 9.86. The fourth-order valence-electron chi connectivity index (χ4n) is 3.71. The van der Waals surface area contributed by atoms with Gasteiger partial charge in [-0.15, -0.1) is 0 Å². The summed E-state index contributed by atoms with van der Waals surface area (Å²) in [4.78, 5) is 15.5. The quantitative estimate of drug-likeness (QED) is 0.523. The van der Waals surface area contributed by atoms with Crippen LogP contribution >= 0.6 is 0 Å². The monoisotopic (exact) mass is 383 g/mol. The number of carbonyl (C=O) groups excluding carboxylic acids is 1. The molecule has 2 atom stereocenters. The fraction of sp³-hybridized carbons (Fsp3) is 0.435. The molecule has 4 N–H and O–H groups in total. The molecule has 0 bridgehead atoms. The van der Waals surface area contributed by atoms with Crippen LogP contribution in [0.1, 0.15) is 57.5 Å². The van der Waals surface area contributed by atoms with Gasteiger partial charge in [0, 0.05) is 23.7 Å². The number of para-hydroxylation sites is 1. The van der Waals surface area contributed by atoms with Crippen LogP contribution in [0.5, 0.6) is 5.75 Å². The van der Waals surface area contributed by atoms with Crippen molar-refractivity contribution in [3.05, 3.63) is 53.6 Å². The predicted octanol–water partition coefficient (Wildman–Crippen LogP) is 4.36. The third-order valence-electron chi connectivity index (χ3n) is 5.14. The highest BCUT2D eigenvalue weighted by molar-refractivity contribution is 6.11. The van der Waals surface area contributed by atoms with Gasteiger partial charge in [0.05, 0.1) is 16.9 Å². The average Bonchev–Trinajstić information content (AvgIpc) is 2.63. The zero-order chi connectivity index (χ0) is 21.0. The Bertz CT molecular complexity index is 809. The molecule has 0 heterocycles. The number of hydrogen-bond acceptors (Lipinski definition) is 5. The Morgan fingerprint density at radius 2 is 1.50 bits per heavy atom. The van der Waals surface area contributed by atoms with E-state index in [1.807, 2.05) is 25.1 Å². The van der Waals surface area contributed by atoms with E-state index in [0.29, 0.717) is 40.3 Å². The number of ether oxygens (including phenoxy) is 1. The van der Waals surface area contributed by atoms with E-state index in [-0.39, 0.29) is 17.9 Å². The van der Waals surface area contributed by atoms with E-state index in [4.69, 9.17) is 16.2 Å². The highest BCUT2D eigenvalue weighted by Crippen LogP contribution is 2.26. The first-order valence-electron chi connectivity index (χ1n) is 9.86. The summed E-state index contributed by atoms with van der Waals surface area (Å²) in [5.74, 6) is 0.446. The zero-order valence-corrected chi connectivity index (χ0v) is 17.8. The van der Waals surface area contributed by atoms with E-state index in [1.165, 1.54) is 0 Å². The van der Waals surface area contributed by atoms with Crippen molar-refractivity contribution in [2.24, 2.45) is 0 Å². The Morgan fingerprint density at radius 1 is 0.893 bits per heavy atom. The van der Waals surface area contributed by atoms with Gasteiger partial charge >= 0.3 is 0 Å². The minimum absolute atomic E-state index is 0.0877. The van der Waals surface area contributed by atoms with Crippen molar-refractivity contribution in [1.29, 1.82) is 0 Å². The van der Waals surface area contributed by atoms with Gasteiger partial charge in [-0.2, -0.15) is 0 Å². The summed E-state index contributed by atoms with van der Waals surface area (Å²) in [6.45, 7) is 13.0. The van der Waals surface area contributed by atoms with Crippen LogP contribution in [0.4, 0.5) is 11.4 Å². The van der Waals surface area contributed by atoms with Crippen LogP contribution in [0.15, 0.2) is 42.5 Å². The third kappa shape index (κ3) is 4.84. The predicted molar refractivity (Wildman–Crippen MR) is 117 cm³/mol. The van der Waals surface area contributed by atoms with E-state index >= 15 is 0 Å². The number of rotatable bonds is 8. The Balaban J connectivity index is 2.28. The van der Waals surface area contributed by atoms with Gasteiger partial charge in [0.15, 0.2) is 5.78 Å². The zero-order valence-electron chi connectivity index (χ0n) is 17.8. The summed E-state index contributed by atoms with van der Waals surface area (Å²) in [6, 6.07) is 13.3. The van der Waals surface area contributed by atoms with Crippen molar-refractivity contribution in [2.75, 3.05) is 11.5 Å². The highest BCUT2D eigenvalue weighted by atomic mass is 16.5. The topological polar surface area (TPSA) is 81.6 Å². The lowest BCUT2D eigenvalue weighted by atomic mass is 10.0. The minimum Gasteiger partial charge on any atom is -0.488 e. The Kier molecular flexibility index (Phi) is 7.08. The summed E-state index contributed by atoms with van der Waals surface area (Å²) in [5, 5.41) is 0. The summed E-state index contributed by atoms with van der Waals surface area (Å²) in [5.41, 5.74) is 13.5. The second-order valence-corrected chi connectivity index (χ2v) is 7.87. The fourth-order valence-corrected chi connectivity index (χ4v) is 3.71. The molecule has 0 fully saturated rings. The number of nitrogen functional groups attached to an aromatic ring is 2. The van der Waals surface area contributed by atoms with Crippen molar-refractivity contribution in [2.45, 2.75) is 65.8 Å². The number of anilines is 2.